The predicted molar refractivity (Wildman–Crippen MR) is 118 cm³/mol. The number of carbonyl (C=O) groups excluding carboxylic acids is 4. The van der Waals surface area contributed by atoms with Gasteiger partial charge in [-0.25, -0.2) is 0 Å². The van der Waals surface area contributed by atoms with Crippen molar-refractivity contribution in [3.8, 4) is 0 Å². The summed E-state index contributed by atoms with van der Waals surface area (Å²) in [6, 6.07) is 0. The van der Waals surface area contributed by atoms with Crippen molar-refractivity contribution in [2.45, 2.75) is 84.2 Å². The van der Waals surface area contributed by atoms with E-state index in [9.17, 15) is 24.3 Å². The topological polar surface area (TPSA) is 97.7 Å². The van der Waals surface area contributed by atoms with E-state index < -0.39 is 29.4 Å². The van der Waals surface area contributed by atoms with Crippen LogP contribution in [0.5, 0.6) is 0 Å². The number of esters is 1. The molecule has 0 aliphatic heterocycles. The van der Waals surface area contributed by atoms with Gasteiger partial charge in [0.2, 0.25) is 5.78 Å². The summed E-state index contributed by atoms with van der Waals surface area (Å²) >= 11 is 0. The van der Waals surface area contributed by atoms with Gasteiger partial charge in [-0.15, -0.1) is 0 Å². The predicted octanol–water partition coefficient (Wildman–Crippen LogP) is 3.65. The fourth-order valence-electron chi connectivity index (χ4n) is 6.94. The van der Waals surface area contributed by atoms with Crippen LogP contribution in [0, 0.1) is 22.7 Å². The van der Waals surface area contributed by atoms with Gasteiger partial charge in [-0.05, 0) is 63.4 Å². The van der Waals surface area contributed by atoms with Gasteiger partial charge >= 0.3 is 5.97 Å². The van der Waals surface area contributed by atoms with Gasteiger partial charge in [0, 0.05) is 23.7 Å². The maximum atomic E-state index is 13.1. The summed E-state index contributed by atoms with van der Waals surface area (Å²) in [5.41, 5.74) is 0.403. The van der Waals surface area contributed by atoms with Crippen molar-refractivity contribution < 1.29 is 29.0 Å². The summed E-state index contributed by atoms with van der Waals surface area (Å²) in [7, 11) is 0. The van der Waals surface area contributed by atoms with E-state index in [1.165, 1.54) is 18.1 Å². The standard InChI is InChI=1S/C26H34O6/c1-16(27)4-7-23(30)32-15-22(29)26(31)13-10-21-19-6-5-17-14-18(28)8-11-24(17,2)20(19)9-12-25(21,26)3/h9,14,19,21,31H,4-8,10-13,15H2,1-3H3/t19?,21?,24-,25-,26-/m0/s1. The van der Waals surface area contributed by atoms with E-state index in [1.54, 1.807) is 0 Å². The average Bonchev–Trinajstić information content (AvgIpc) is 3.03. The molecule has 0 aromatic carbocycles. The number of Topliss-reactive ketones (excluding diaryl/α,β-unsaturated/α-hetero) is 2. The molecule has 2 saturated carbocycles. The minimum atomic E-state index is -1.53. The second-order valence-corrected chi connectivity index (χ2v) is 10.7. The lowest BCUT2D eigenvalue weighted by molar-refractivity contribution is -0.163. The van der Waals surface area contributed by atoms with Crippen molar-refractivity contribution in [1.29, 1.82) is 0 Å². The molecule has 0 bridgehead atoms. The van der Waals surface area contributed by atoms with Gasteiger partial charge in [0.05, 0.1) is 6.42 Å². The van der Waals surface area contributed by atoms with Crippen molar-refractivity contribution >= 4 is 23.3 Å². The van der Waals surface area contributed by atoms with Gasteiger partial charge in [-0.1, -0.05) is 31.1 Å². The third-order valence-electron chi connectivity index (χ3n) is 9.00. The minimum absolute atomic E-state index is 0.0496. The lowest BCUT2D eigenvalue weighted by atomic mass is 9.50. The molecule has 0 radical (unpaired) electrons. The molecule has 6 heteroatoms. The first kappa shape index (κ1) is 23.1. The Morgan fingerprint density at radius 2 is 1.88 bits per heavy atom. The van der Waals surface area contributed by atoms with Crippen LogP contribution < -0.4 is 0 Å². The lowest BCUT2D eigenvalue weighted by Gasteiger charge is -2.54. The van der Waals surface area contributed by atoms with Gasteiger partial charge in [-0.3, -0.25) is 14.4 Å². The molecule has 174 valence electrons. The number of rotatable bonds is 6. The summed E-state index contributed by atoms with van der Waals surface area (Å²) in [6.07, 6.45) is 9.07. The van der Waals surface area contributed by atoms with Crippen LogP contribution >= 0.6 is 0 Å². The van der Waals surface area contributed by atoms with E-state index in [-0.39, 0.29) is 35.7 Å². The number of ketones is 3. The maximum absolute atomic E-state index is 13.1. The third kappa shape index (κ3) is 3.51. The summed E-state index contributed by atoms with van der Waals surface area (Å²) in [5, 5.41) is 11.6. The van der Waals surface area contributed by atoms with Gasteiger partial charge in [0.15, 0.2) is 12.4 Å². The molecule has 4 aliphatic rings. The monoisotopic (exact) mass is 442 g/mol. The number of hydrogen-bond acceptors (Lipinski definition) is 6. The molecule has 0 spiro atoms. The highest BCUT2D eigenvalue weighted by Crippen LogP contribution is 2.65. The zero-order chi connectivity index (χ0) is 23.3. The largest absolute Gasteiger partial charge is 0.458 e. The molecule has 0 aromatic heterocycles. The third-order valence-corrected chi connectivity index (χ3v) is 9.00. The molecule has 2 fully saturated rings. The molecule has 4 aliphatic carbocycles. The second kappa shape index (κ2) is 8.05. The first-order valence-corrected chi connectivity index (χ1v) is 11.9. The second-order valence-electron chi connectivity index (χ2n) is 10.7. The maximum Gasteiger partial charge on any atom is 0.306 e. The molecule has 4 rings (SSSR count). The first-order chi connectivity index (χ1) is 15.0. The van der Waals surface area contributed by atoms with Crippen LogP contribution in [0.15, 0.2) is 23.3 Å². The number of aliphatic hydroxyl groups is 1. The fraction of sp³-hybridized carbons (Fsp3) is 0.692. The van der Waals surface area contributed by atoms with E-state index in [0.717, 1.165) is 25.7 Å². The number of allylic oxidation sites excluding steroid dienone is 4. The minimum Gasteiger partial charge on any atom is -0.458 e. The molecule has 0 amide bonds. The van der Waals surface area contributed by atoms with Crippen LogP contribution in [0.2, 0.25) is 0 Å². The number of ether oxygens (including phenoxy) is 1. The normalized spacial score (nSPS) is 38.1. The Morgan fingerprint density at radius 3 is 2.59 bits per heavy atom. The highest BCUT2D eigenvalue weighted by Gasteiger charge is 2.64. The summed E-state index contributed by atoms with van der Waals surface area (Å²) in [4.78, 5) is 48.0. The van der Waals surface area contributed by atoms with Crippen LogP contribution in [0.1, 0.15) is 78.6 Å². The van der Waals surface area contributed by atoms with Crippen molar-refractivity contribution in [3.63, 3.8) is 0 Å². The van der Waals surface area contributed by atoms with Gasteiger partial charge in [0.25, 0.3) is 0 Å². The zero-order valence-corrected chi connectivity index (χ0v) is 19.4. The van der Waals surface area contributed by atoms with Gasteiger partial charge < -0.3 is 14.6 Å². The molecule has 2 unspecified atom stereocenters. The van der Waals surface area contributed by atoms with Crippen LogP contribution in [-0.2, 0) is 23.9 Å². The van der Waals surface area contributed by atoms with Crippen molar-refractivity contribution in [2.24, 2.45) is 22.7 Å². The van der Waals surface area contributed by atoms with Crippen molar-refractivity contribution in [1.82, 2.24) is 0 Å². The summed E-state index contributed by atoms with van der Waals surface area (Å²) in [6.45, 7) is 5.20. The Morgan fingerprint density at radius 1 is 1.12 bits per heavy atom. The van der Waals surface area contributed by atoms with Crippen molar-refractivity contribution in [3.05, 3.63) is 23.3 Å². The number of fused-ring (bicyclic) bond motifs is 5. The highest BCUT2D eigenvalue weighted by atomic mass is 16.5. The van der Waals surface area contributed by atoms with E-state index >= 15 is 0 Å². The molecule has 0 aromatic rings. The Balaban J connectivity index is 1.53. The van der Waals surface area contributed by atoms with E-state index in [0.29, 0.717) is 25.2 Å². The van der Waals surface area contributed by atoms with E-state index in [4.69, 9.17) is 4.74 Å². The summed E-state index contributed by atoms with van der Waals surface area (Å²) in [5.74, 6) is -0.444. The molecule has 0 heterocycles. The molecular weight excluding hydrogens is 408 g/mol. The number of hydrogen-bond donors (Lipinski definition) is 1. The van der Waals surface area contributed by atoms with Crippen molar-refractivity contribution in [2.75, 3.05) is 6.61 Å². The quantitative estimate of drug-likeness (QED) is 0.498. The Kier molecular flexibility index (Phi) is 5.81. The molecule has 1 N–H and O–H groups in total. The molecule has 32 heavy (non-hydrogen) atoms. The Labute approximate surface area is 189 Å². The Hall–Kier alpha value is -2.08. The lowest BCUT2D eigenvalue weighted by Crippen LogP contribution is -2.55. The van der Waals surface area contributed by atoms with Crippen LogP contribution in [0.25, 0.3) is 0 Å². The molecule has 5 atom stereocenters. The highest BCUT2D eigenvalue weighted by molar-refractivity contribution is 5.92. The first-order valence-electron chi connectivity index (χ1n) is 11.9. The SMILES string of the molecule is CC(=O)CCC(=O)OCC(=O)[C@@]1(O)CCC2C3CCC4=CC(=O)CC[C@]4(C)C3=CC[C@@]21C. The zero-order valence-electron chi connectivity index (χ0n) is 19.4. The van der Waals surface area contributed by atoms with E-state index in [2.05, 4.69) is 13.0 Å². The molecular formula is C26H34O6. The summed E-state index contributed by atoms with van der Waals surface area (Å²) < 4.78 is 5.10. The van der Waals surface area contributed by atoms with Crippen LogP contribution in [-0.4, -0.2) is 40.6 Å². The number of carbonyl (C=O) groups is 4. The fourth-order valence-corrected chi connectivity index (χ4v) is 6.94. The van der Waals surface area contributed by atoms with Crippen LogP contribution in [0.4, 0.5) is 0 Å². The average molecular weight is 443 g/mol. The van der Waals surface area contributed by atoms with Gasteiger partial charge in [-0.2, -0.15) is 0 Å². The van der Waals surface area contributed by atoms with Crippen LogP contribution in [0.3, 0.4) is 0 Å². The molecule has 6 nitrogen and oxygen atoms in total. The Bertz CT molecular complexity index is 929. The smallest absolute Gasteiger partial charge is 0.306 e. The molecule has 0 saturated heterocycles. The van der Waals surface area contributed by atoms with Gasteiger partial charge in [0.1, 0.15) is 11.4 Å². The van der Waals surface area contributed by atoms with E-state index in [1.807, 2.05) is 13.0 Å².